The van der Waals surface area contributed by atoms with Gasteiger partial charge < -0.3 is 0 Å². The molecule has 12 aromatic rings. The van der Waals surface area contributed by atoms with E-state index in [0.717, 1.165) is 88.3 Å². The fourth-order valence-corrected chi connectivity index (χ4v) is 8.99. The molecule has 0 N–H and O–H groups in total. The smallest absolute Gasteiger partial charge is 0.164 e. The first-order valence-electron chi connectivity index (χ1n) is 23.1. The highest BCUT2D eigenvalue weighted by atomic mass is 15.0. The molecule has 7 heteroatoms. The molecule has 326 valence electrons. The molecule has 7 nitrogen and oxygen atoms in total. The summed E-state index contributed by atoms with van der Waals surface area (Å²) in [7, 11) is 0. The first-order chi connectivity index (χ1) is 34.6. The highest BCUT2D eigenvalue weighted by molar-refractivity contribution is 5.91. The van der Waals surface area contributed by atoms with Crippen molar-refractivity contribution >= 4 is 21.5 Å². The lowest BCUT2D eigenvalue weighted by Gasteiger charge is -2.15. The number of rotatable bonds is 9. The zero-order chi connectivity index (χ0) is 46.8. The quantitative estimate of drug-likeness (QED) is 0.142. The van der Waals surface area contributed by atoms with Crippen molar-refractivity contribution in [3.05, 3.63) is 242 Å². The molecule has 0 saturated heterocycles. The van der Waals surface area contributed by atoms with Crippen LogP contribution in [-0.4, -0.2) is 29.9 Å². The van der Waals surface area contributed by atoms with Gasteiger partial charge in [0.05, 0.1) is 11.6 Å². The minimum absolute atomic E-state index is 0.567. The summed E-state index contributed by atoms with van der Waals surface area (Å²) in [5.74, 6) is 3.54. The summed E-state index contributed by atoms with van der Waals surface area (Å²) in [5.41, 5.74) is 11.8. The molecule has 2 aromatic heterocycles. The van der Waals surface area contributed by atoms with Crippen LogP contribution < -0.4 is 0 Å². The molecular formula is C63H39N7. The zero-order valence-corrected chi connectivity index (χ0v) is 37.6. The molecule has 12 rings (SSSR count). The number of fused-ring (bicyclic) bond motifs is 2. The van der Waals surface area contributed by atoms with E-state index in [-0.39, 0.29) is 0 Å². The van der Waals surface area contributed by atoms with Gasteiger partial charge in [-0.15, -0.1) is 0 Å². The van der Waals surface area contributed by atoms with Crippen molar-refractivity contribution in [2.45, 2.75) is 0 Å². The molecule has 0 spiro atoms. The van der Waals surface area contributed by atoms with Crippen molar-refractivity contribution in [2.24, 2.45) is 0 Å². The maximum absolute atomic E-state index is 10.0. The summed E-state index contributed by atoms with van der Waals surface area (Å²) in [6.07, 6.45) is 0. The lowest BCUT2D eigenvalue weighted by atomic mass is 9.89. The van der Waals surface area contributed by atoms with Crippen LogP contribution >= 0.6 is 0 Å². The third kappa shape index (κ3) is 8.34. The van der Waals surface area contributed by atoms with E-state index in [1.807, 2.05) is 127 Å². The summed E-state index contributed by atoms with van der Waals surface area (Å²) in [5, 5.41) is 14.6. The van der Waals surface area contributed by atoms with E-state index < -0.39 is 0 Å². The number of hydrogen-bond donors (Lipinski definition) is 0. The molecule has 0 fully saturated rings. The maximum Gasteiger partial charge on any atom is 0.164 e. The third-order valence-electron chi connectivity index (χ3n) is 12.6. The molecule has 0 aliphatic heterocycles. The van der Waals surface area contributed by atoms with Crippen molar-refractivity contribution in [3.63, 3.8) is 0 Å². The molecule has 70 heavy (non-hydrogen) atoms. The van der Waals surface area contributed by atoms with Crippen molar-refractivity contribution in [2.75, 3.05) is 0 Å². The Balaban J connectivity index is 0.961. The lowest BCUT2D eigenvalue weighted by Crippen LogP contribution is -2.00. The van der Waals surface area contributed by atoms with Crippen molar-refractivity contribution < 1.29 is 0 Å². The van der Waals surface area contributed by atoms with E-state index in [1.165, 1.54) is 0 Å². The van der Waals surface area contributed by atoms with Gasteiger partial charge in [0.15, 0.2) is 34.9 Å². The second-order valence-corrected chi connectivity index (χ2v) is 17.1. The van der Waals surface area contributed by atoms with Crippen LogP contribution in [0.25, 0.3) is 123 Å². The largest absolute Gasteiger partial charge is 0.208 e. The van der Waals surface area contributed by atoms with Crippen LogP contribution in [0.2, 0.25) is 0 Å². The van der Waals surface area contributed by atoms with Crippen LogP contribution in [-0.2, 0) is 0 Å². The van der Waals surface area contributed by atoms with Gasteiger partial charge in [-0.2, -0.15) is 5.26 Å². The van der Waals surface area contributed by atoms with Gasteiger partial charge in [-0.25, -0.2) is 29.9 Å². The Kier molecular flexibility index (Phi) is 10.8. The van der Waals surface area contributed by atoms with Crippen molar-refractivity contribution in [1.29, 1.82) is 5.26 Å². The summed E-state index contributed by atoms with van der Waals surface area (Å²) in [6, 6.07) is 82.6. The van der Waals surface area contributed by atoms with Crippen molar-refractivity contribution in [1.82, 2.24) is 29.9 Å². The van der Waals surface area contributed by atoms with Gasteiger partial charge in [0, 0.05) is 33.4 Å². The van der Waals surface area contributed by atoms with E-state index >= 15 is 0 Å². The standard InChI is InChI=1S/C63H39N7/c64-40-41-14-11-24-50(34-41)57-39-49(48-23-12-26-52(37-48)60-65-58(44-17-3-1-4-18-44)67-62(69-60)54-30-28-42-15-7-9-21-46(42)35-54)32-33-56(57)51-25-13-27-53(38-51)61-66-59(45-19-5-2-6-20-45)68-63(70-61)55-31-29-43-16-8-10-22-47(43)36-55/h1-39H. The summed E-state index contributed by atoms with van der Waals surface area (Å²) in [6.45, 7) is 0. The fourth-order valence-electron chi connectivity index (χ4n) is 8.99. The highest BCUT2D eigenvalue weighted by Gasteiger charge is 2.18. The number of benzene rings is 10. The second-order valence-electron chi connectivity index (χ2n) is 17.1. The Morgan fingerprint density at radius 3 is 1.10 bits per heavy atom. The average Bonchev–Trinajstić information content (AvgIpc) is 3.45. The van der Waals surface area contributed by atoms with Gasteiger partial charge in [-0.05, 0) is 97.4 Å². The molecule has 2 heterocycles. The number of aromatic nitrogens is 6. The monoisotopic (exact) mass is 893 g/mol. The molecule has 10 aromatic carbocycles. The summed E-state index contributed by atoms with van der Waals surface area (Å²) >= 11 is 0. The Bertz CT molecular complexity index is 3970. The van der Waals surface area contributed by atoms with E-state index in [4.69, 9.17) is 29.9 Å². The Labute approximate surface area is 404 Å². The van der Waals surface area contributed by atoms with Crippen LogP contribution in [0.4, 0.5) is 0 Å². The van der Waals surface area contributed by atoms with Crippen LogP contribution in [0.15, 0.2) is 237 Å². The maximum atomic E-state index is 10.0. The normalized spacial score (nSPS) is 11.1. The van der Waals surface area contributed by atoms with Crippen LogP contribution in [0, 0.1) is 11.3 Å². The topological polar surface area (TPSA) is 101 Å². The molecule has 0 unspecified atom stereocenters. The van der Waals surface area contributed by atoms with Crippen LogP contribution in [0.1, 0.15) is 5.56 Å². The van der Waals surface area contributed by atoms with E-state index in [9.17, 15) is 5.26 Å². The van der Waals surface area contributed by atoms with Gasteiger partial charge in [0.25, 0.3) is 0 Å². The van der Waals surface area contributed by atoms with Gasteiger partial charge in [-0.1, -0.05) is 194 Å². The third-order valence-corrected chi connectivity index (χ3v) is 12.6. The van der Waals surface area contributed by atoms with Crippen LogP contribution in [0.5, 0.6) is 0 Å². The predicted octanol–water partition coefficient (Wildman–Crippen LogP) is 15.2. The van der Waals surface area contributed by atoms with Gasteiger partial charge in [0.1, 0.15) is 0 Å². The highest BCUT2D eigenvalue weighted by Crippen LogP contribution is 2.39. The van der Waals surface area contributed by atoms with E-state index in [0.29, 0.717) is 40.5 Å². The predicted molar refractivity (Wildman–Crippen MR) is 282 cm³/mol. The Hall–Kier alpha value is -9.77. The number of nitriles is 1. The second kappa shape index (κ2) is 18.1. The molecular weight excluding hydrogens is 855 g/mol. The van der Waals surface area contributed by atoms with E-state index in [2.05, 4.69) is 115 Å². The molecule has 0 amide bonds. The van der Waals surface area contributed by atoms with Crippen LogP contribution in [0.3, 0.4) is 0 Å². The average molecular weight is 894 g/mol. The van der Waals surface area contributed by atoms with Crippen molar-refractivity contribution in [3.8, 4) is 108 Å². The SMILES string of the molecule is N#Cc1cccc(-c2cc(-c3cccc(-c4nc(-c5ccccc5)nc(-c5ccc6ccccc6c5)n4)c3)ccc2-c2cccc(-c3nc(-c4ccccc4)nc(-c4ccc5ccccc5c4)n3)c2)c1. The molecule has 0 saturated carbocycles. The fraction of sp³-hybridized carbons (Fsp3) is 0. The van der Waals surface area contributed by atoms with Gasteiger partial charge in [-0.3, -0.25) is 0 Å². The van der Waals surface area contributed by atoms with Gasteiger partial charge >= 0.3 is 0 Å². The summed E-state index contributed by atoms with van der Waals surface area (Å²) < 4.78 is 0. The number of nitrogens with zero attached hydrogens (tertiary/aromatic N) is 7. The molecule has 0 bridgehead atoms. The molecule has 0 radical (unpaired) electrons. The molecule has 0 atom stereocenters. The minimum Gasteiger partial charge on any atom is -0.208 e. The first kappa shape index (κ1) is 41.6. The first-order valence-corrected chi connectivity index (χ1v) is 23.1. The Morgan fingerprint density at radius 2 is 0.586 bits per heavy atom. The van der Waals surface area contributed by atoms with E-state index in [1.54, 1.807) is 0 Å². The molecule has 0 aliphatic carbocycles. The zero-order valence-electron chi connectivity index (χ0n) is 37.6. The minimum atomic E-state index is 0.567. The molecule has 0 aliphatic rings. The Morgan fingerprint density at radius 1 is 0.229 bits per heavy atom. The number of hydrogen-bond acceptors (Lipinski definition) is 7. The van der Waals surface area contributed by atoms with Gasteiger partial charge in [0.2, 0.25) is 0 Å². The lowest BCUT2D eigenvalue weighted by molar-refractivity contribution is 1.07. The summed E-state index contributed by atoms with van der Waals surface area (Å²) in [4.78, 5) is 30.4.